The molecule has 1 N–H and O–H groups in total. The minimum absolute atomic E-state index is 0.0279. The van der Waals surface area contributed by atoms with Crippen molar-refractivity contribution in [2.75, 3.05) is 37.6 Å². The number of carbonyl (C=O) groups excluding carboxylic acids is 1. The highest BCUT2D eigenvalue weighted by Gasteiger charge is 2.24. The lowest BCUT2D eigenvalue weighted by Gasteiger charge is -2.31. The second kappa shape index (κ2) is 11.9. The first-order chi connectivity index (χ1) is 18.1. The smallest absolute Gasteiger partial charge is 0.317 e. The SMILES string of the molecule is CCCNC(=O)N1CC=C(c2ccc3nc(OC4CCN(c5ncc(CCC)cn5)CC4)sc3c2)CC1. The van der Waals surface area contributed by atoms with Gasteiger partial charge in [-0.05, 0) is 48.1 Å². The van der Waals surface area contributed by atoms with Gasteiger partial charge in [0.05, 0.1) is 10.2 Å². The molecule has 4 heterocycles. The van der Waals surface area contributed by atoms with Crippen molar-refractivity contribution in [2.45, 2.75) is 58.5 Å². The Kier molecular flexibility index (Phi) is 8.18. The van der Waals surface area contributed by atoms with Crippen LogP contribution in [0.5, 0.6) is 5.19 Å². The van der Waals surface area contributed by atoms with E-state index in [9.17, 15) is 4.79 Å². The fourth-order valence-electron chi connectivity index (χ4n) is 4.86. The molecular weight excluding hydrogens is 484 g/mol. The van der Waals surface area contributed by atoms with E-state index in [1.165, 1.54) is 16.7 Å². The Morgan fingerprint density at radius 1 is 1.14 bits per heavy atom. The van der Waals surface area contributed by atoms with Gasteiger partial charge < -0.3 is 19.9 Å². The van der Waals surface area contributed by atoms with E-state index in [4.69, 9.17) is 9.72 Å². The van der Waals surface area contributed by atoms with Gasteiger partial charge >= 0.3 is 6.03 Å². The summed E-state index contributed by atoms with van der Waals surface area (Å²) in [5.41, 5.74) is 4.66. The number of urea groups is 1. The molecule has 1 saturated heterocycles. The lowest BCUT2D eigenvalue weighted by Crippen LogP contribution is -2.42. The summed E-state index contributed by atoms with van der Waals surface area (Å²) in [6, 6.07) is 6.45. The van der Waals surface area contributed by atoms with E-state index < -0.39 is 0 Å². The minimum atomic E-state index is 0.0279. The van der Waals surface area contributed by atoms with Crippen molar-refractivity contribution < 1.29 is 9.53 Å². The zero-order valence-corrected chi connectivity index (χ0v) is 22.6. The molecule has 8 nitrogen and oxygen atoms in total. The first-order valence-corrected chi connectivity index (χ1v) is 14.3. The molecule has 37 heavy (non-hydrogen) atoms. The van der Waals surface area contributed by atoms with Crippen LogP contribution in [0, 0.1) is 0 Å². The van der Waals surface area contributed by atoms with Crippen LogP contribution in [0.2, 0.25) is 0 Å². The predicted octanol–water partition coefficient (Wildman–Crippen LogP) is 5.30. The summed E-state index contributed by atoms with van der Waals surface area (Å²) in [5.74, 6) is 0.813. The summed E-state index contributed by atoms with van der Waals surface area (Å²) in [7, 11) is 0. The highest BCUT2D eigenvalue weighted by molar-refractivity contribution is 7.20. The van der Waals surface area contributed by atoms with Crippen LogP contribution in [0.25, 0.3) is 15.8 Å². The third kappa shape index (κ3) is 6.21. The van der Waals surface area contributed by atoms with Crippen molar-refractivity contribution >= 4 is 39.1 Å². The van der Waals surface area contributed by atoms with E-state index in [2.05, 4.69) is 58.3 Å². The monoisotopic (exact) mass is 520 g/mol. The topological polar surface area (TPSA) is 83.5 Å². The molecule has 0 bridgehead atoms. The number of rotatable bonds is 8. The quantitative estimate of drug-likeness (QED) is 0.434. The van der Waals surface area contributed by atoms with Crippen molar-refractivity contribution in [2.24, 2.45) is 0 Å². The maximum absolute atomic E-state index is 12.2. The molecule has 1 aromatic carbocycles. The van der Waals surface area contributed by atoms with Gasteiger partial charge in [-0.2, -0.15) is 0 Å². The van der Waals surface area contributed by atoms with Crippen LogP contribution < -0.4 is 15.0 Å². The molecule has 2 amide bonds. The number of amides is 2. The summed E-state index contributed by atoms with van der Waals surface area (Å²) in [4.78, 5) is 30.2. The van der Waals surface area contributed by atoms with Crippen LogP contribution in [-0.4, -0.2) is 64.7 Å². The third-order valence-corrected chi connectivity index (χ3v) is 7.89. The molecule has 5 rings (SSSR count). The maximum atomic E-state index is 12.2. The van der Waals surface area contributed by atoms with Crippen LogP contribution in [0.1, 0.15) is 57.1 Å². The van der Waals surface area contributed by atoms with Crippen LogP contribution in [0.15, 0.2) is 36.7 Å². The number of carbonyl (C=O) groups is 1. The van der Waals surface area contributed by atoms with Gasteiger partial charge in [0, 0.05) is 58.0 Å². The molecule has 2 aliphatic heterocycles. The Morgan fingerprint density at radius 2 is 1.95 bits per heavy atom. The number of ether oxygens (including phenoxy) is 1. The number of nitrogens with one attached hydrogen (secondary N) is 1. The van der Waals surface area contributed by atoms with Crippen LogP contribution in [0.3, 0.4) is 0 Å². The maximum Gasteiger partial charge on any atom is 0.317 e. The van der Waals surface area contributed by atoms with Gasteiger partial charge in [0.2, 0.25) is 5.95 Å². The van der Waals surface area contributed by atoms with Gasteiger partial charge in [0.25, 0.3) is 5.19 Å². The van der Waals surface area contributed by atoms with Crippen molar-refractivity contribution in [1.29, 1.82) is 0 Å². The minimum Gasteiger partial charge on any atom is -0.467 e. The van der Waals surface area contributed by atoms with E-state index in [0.717, 1.165) is 86.1 Å². The molecule has 1 fully saturated rings. The number of nitrogens with zero attached hydrogens (tertiary/aromatic N) is 5. The second-order valence-corrected chi connectivity index (χ2v) is 10.8. The molecule has 9 heteroatoms. The van der Waals surface area contributed by atoms with Crippen molar-refractivity contribution in [3.05, 3.63) is 47.8 Å². The number of benzene rings is 1. The normalized spacial score (nSPS) is 16.6. The summed E-state index contributed by atoms with van der Waals surface area (Å²) in [6.45, 7) is 8.10. The highest BCUT2D eigenvalue weighted by atomic mass is 32.1. The number of fused-ring (bicyclic) bond motifs is 1. The fraction of sp³-hybridized carbons (Fsp3) is 0.500. The molecule has 0 saturated carbocycles. The molecule has 0 atom stereocenters. The molecule has 0 spiro atoms. The van der Waals surface area contributed by atoms with E-state index in [1.807, 2.05) is 17.3 Å². The van der Waals surface area contributed by atoms with Crippen molar-refractivity contribution in [3.63, 3.8) is 0 Å². The Balaban J connectivity index is 1.16. The molecular formula is C28H36N6O2S. The average Bonchev–Trinajstić information content (AvgIpc) is 3.34. The molecule has 3 aromatic rings. The first-order valence-electron chi connectivity index (χ1n) is 13.5. The van der Waals surface area contributed by atoms with Crippen molar-refractivity contribution in [3.8, 4) is 5.19 Å². The number of anilines is 1. The Labute approximate surface area is 222 Å². The van der Waals surface area contributed by atoms with E-state index in [1.54, 1.807) is 11.3 Å². The van der Waals surface area contributed by atoms with Crippen molar-refractivity contribution in [1.82, 2.24) is 25.2 Å². The molecule has 0 unspecified atom stereocenters. The largest absolute Gasteiger partial charge is 0.467 e. The zero-order valence-electron chi connectivity index (χ0n) is 21.8. The number of hydrogen-bond donors (Lipinski definition) is 1. The Morgan fingerprint density at radius 3 is 2.65 bits per heavy atom. The van der Waals surface area contributed by atoms with Gasteiger partial charge in [-0.15, -0.1) is 0 Å². The zero-order chi connectivity index (χ0) is 25.6. The second-order valence-electron chi connectivity index (χ2n) is 9.77. The standard InChI is InChI=1S/C28H36N6O2S/c1-3-5-20-18-30-26(31-19-20)33-15-10-23(11-16-33)36-28-32-24-7-6-22(17-25(24)37-28)21-8-13-34(14-9-21)27(35)29-12-4-2/h6-8,17-19,23H,3-5,9-16H2,1-2H3,(H,29,35). The third-order valence-electron chi connectivity index (χ3n) is 6.98. The van der Waals surface area contributed by atoms with Gasteiger partial charge in [-0.3, -0.25) is 0 Å². The Bertz CT molecular complexity index is 1230. The van der Waals surface area contributed by atoms with Crippen LogP contribution in [0.4, 0.5) is 10.7 Å². The lowest BCUT2D eigenvalue weighted by atomic mass is 9.99. The van der Waals surface area contributed by atoms with Gasteiger partial charge in [0.15, 0.2) is 0 Å². The number of piperidine rings is 1. The molecule has 0 radical (unpaired) electrons. The van der Waals surface area contributed by atoms with E-state index in [0.29, 0.717) is 6.54 Å². The number of aromatic nitrogens is 3. The van der Waals surface area contributed by atoms with Crippen LogP contribution in [-0.2, 0) is 6.42 Å². The molecule has 0 aliphatic carbocycles. The van der Waals surface area contributed by atoms with E-state index in [-0.39, 0.29) is 12.1 Å². The predicted molar refractivity (Wildman–Crippen MR) is 149 cm³/mol. The van der Waals surface area contributed by atoms with Gasteiger partial charge in [-0.25, -0.2) is 19.7 Å². The van der Waals surface area contributed by atoms with Gasteiger partial charge in [-0.1, -0.05) is 43.7 Å². The number of thiazole rings is 1. The molecule has 196 valence electrons. The highest BCUT2D eigenvalue weighted by Crippen LogP contribution is 2.33. The Hall–Kier alpha value is -3.20. The summed E-state index contributed by atoms with van der Waals surface area (Å²) in [5, 5.41) is 3.70. The number of hydrogen-bond acceptors (Lipinski definition) is 7. The van der Waals surface area contributed by atoms with Gasteiger partial charge in [0.1, 0.15) is 6.10 Å². The van der Waals surface area contributed by atoms with E-state index >= 15 is 0 Å². The molecule has 2 aromatic heterocycles. The molecule has 2 aliphatic rings. The van der Waals surface area contributed by atoms with Crippen LogP contribution >= 0.6 is 11.3 Å². The summed E-state index contributed by atoms with van der Waals surface area (Å²) >= 11 is 1.61. The lowest BCUT2D eigenvalue weighted by molar-refractivity contribution is 0.170. The summed E-state index contributed by atoms with van der Waals surface area (Å²) in [6.07, 6.45) is 12.0. The summed E-state index contributed by atoms with van der Waals surface area (Å²) < 4.78 is 7.44. The fourth-order valence-corrected chi connectivity index (χ4v) is 5.78. The first kappa shape index (κ1) is 25.4. The average molecular weight is 521 g/mol. The number of aryl methyl sites for hydroxylation is 1.